The summed E-state index contributed by atoms with van der Waals surface area (Å²) < 4.78 is 5.51. The Morgan fingerprint density at radius 2 is 1.55 bits per heavy atom. The molecular weight excluding hydrogens is 392 g/mol. The molecule has 1 heterocycles. The number of hydrogen-bond acceptors (Lipinski definition) is 5. The number of carbonyl (C=O) groups is 2. The highest BCUT2D eigenvalue weighted by Gasteiger charge is 2.09. The van der Waals surface area contributed by atoms with Gasteiger partial charge in [0, 0.05) is 18.1 Å². The molecule has 0 bridgehead atoms. The molecule has 0 spiro atoms. The predicted octanol–water partition coefficient (Wildman–Crippen LogP) is 3.72. The number of carbonyl (C=O) groups excluding carboxylic acids is 2. The number of ether oxygens (including phenoxy) is 1. The minimum Gasteiger partial charge on any atom is -0.424 e. The zero-order valence-corrected chi connectivity index (χ0v) is 16.6. The second-order valence-electron chi connectivity index (χ2n) is 6.80. The molecule has 154 valence electrons. The maximum absolute atomic E-state index is 12.3. The van der Waals surface area contributed by atoms with E-state index in [1.165, 1.54) is 0 Å². The maximum atomic E-state index is 12.3. The van der Waals surface area contributed by atoms with E-state index in [0.29, 0.717) is 11.4 Å². The van der Waals surface area contributed by atoms with Crippen LogP contribution >= 0.6 is 0 Å². The zero-order chi connectivity index (χ0) is 21.5. The fraction of sp³-hybridized carbons (Fsp3) is 0.0833. The van der Waals surface area contributed by atoms with Crippen LogP contribution in [0.4, 0.5) is 5.69 Å². The number of aromatic nitrogens is 2. The third-order valence-corrected chi connectivity index (χ3v) is 4.57. The van der Waals surface area contributed by atoms with Crippen molar-refractivity contribution in [1.29, 1.82) is 0 Å². The molecule has 3 aromatic carbocycles. The van der Waals surface area contributed by atoms with Gasteiger partial charge in [0.2, 0.25) is 11.8 Å². The lowest BCUT2D eigenvalue weighted by Gasteiger charge is -2.09. The van der Waals surface area contributed by atoms with Crippen LogP contribution in [0.1, 0.15) is 5.56 Å². The molecule has 31 heavy (non-hydrogen) atoms. The number of anilines is 1. The van der Waals surface area contributed by atoms with Crippen molar-refractivity contribution in [2.24, 2.45) is 0 Å². The van der Waals surface area contributed by atoms with Gasteiger partial charge in [-0.25, -0.2) is 9.97 Å². The predicted molar refractivity (Wildman–Crippen MR) is 118 cm³/mol. The van der Waals surface area contributed by atoms with Crippen molar-refractivity contribution >= 4 is 28.3 Å². The molecule has 0 saturated carbocycles. The lowest BCUT2D eigenvalue weighted by Crippen LogP contribution is -2.33. The van der Waals surface area contributed by atoms with Crippen LogP contribution in [-0.2, 0) is 16.0 Å². The molecule has 0 radical (unpaired) electrons. The van der Waals surface area contributed by atoms with Gasteiger partial charge in [-0.3, -0.25) is 9.59 Å². The van der Waals surface area contributed by atoms with E-state index >= 15 is 0 Å². The van der Waals surface area contributed by atoms with Gasteiger partial charge in [-0.2, -0.15) is 0 Å². The molecule has 0 aliphatic heterocycles. The summed E-state index contributed by atoms with van der Waals surface area (Å²) in [5, 5.41) is 7.52. The van der Waals surface area contributed by atoms with E-state index in [9.17, 15) is 9.59 Å². The third-order valence-electron chi connectivity index (χ3n) is 4.57. The number of amides is 2. The maximum Gasteiger partial charge on any atom is 0.321 e. The van der Waals surface area contributed by atoms with Gasteiger partial charge in [0.25, 0.3) is 0 Å². The topological polar surface area (TPSA) is 93.2 Å². The van der Waals surface area contributed by atoms with Crippen LogP contribution in [-0.4, -0.2) is 28.3 Å². The van der Waals surface area contributed by atoms with E-state index in [-0.39, 0.29) is 30.8 Å². The summed E-state index contributed by atoms with van der Waals surface area (Å²) in [6.07, 6.45) is 3.39. The lowest BCUT2D eigenvalue weighted by atomic mass is 10.0. The number of fused-ring (bicyclic) bond motifs is 1. The molecule has 2 amide bonds. The minimum atomic E-state index is -0.314. The number of rotatable bonds is 7. The van der Waals surface area contributed by atoms with Gasteiger partial charge in [0.1, 0.15) is 5.75 Å². The fourth-order valence-electron chi connectivity index (χ4n) is 3.12. The Morgan fingerprint density at radius 3 is 2.35 bits per heavy atom. The highest BCUT2D eigenvalue weighted by atomic mass is 16.5. The Kier molecular flexibility index (Phi) is 6.13. The third kappa shape index (κ3) is 5.42. The summed E-state index contributed by atoms with van der Waals surface area (Å²) in [5.41, 5.74) is 1.52. The SMILES string of the molecule is O=C(Cc1cccc2ccccc12)NCC(=O)Nc1ccc(Oc2ncccn2)cc1. The van der Waals surface area contributed by atoms with E-state index in [1.807, 2.05) is 42.5 Å². The van der Waals surface area contributed by atoms with Crippen LogP contribution in [0.25, 0.3) is 10.8 Å². The van der Waals surface area contributed by atoms with Crippen LogP contribution < -0.4 is 15.4 Å². The van der Waals surface area contributed by atoms with Crippen molar-refractivity contribution in [2.45, 2.75) is 6.42 Å². The van der Waals surface area contributed by atoms with Crippen LogP contribution in [0.2, 0.25) is 0 Å². The van der Waals surface area contributed by atoms with Crippen molar-refractivity contribution in [3.05, 3.63) is 90.8 Å². The Balaban J connectivity index is 1.27. The van der Waals surface area contributed by atoms with Gasteiger partial charge in [-0.1, -0.05) is 42.5 Å². The Hall–Kier alpha value is -4.26. The molecule has 4 rings (SSSR count). The molecule has 2 N–H and O–H groups in total. The first-order valence-corrected chi connectivity index (χ1v) is 9.75. The summed E-state index contributed by atoms with van der Waals surface area (Å²) in [6.45, 7) is -0.111. The van der Waals surface area contributed by atoms with E-state index in [1.54, 1.807) is 42.7 Å². The van der Waals surface area contributed by atoms with Crippen LogP contribution in [0.5, 0.6) is 11.8 Å². The Labute approximate surface area is 179 Å². The van der Waals surface area contributed by atoms with Crippen molar-refractivity contribution in [2.75, 3.05) is 11.9 Å². The van der Waals surface area contributed by atoms with Crippen molar-refractivity contribution < 1.29 is 14.3 Å². The second kappa shape index (κ2) is 9.49. The standard InChI is InChI=1S/C24H20N4O3/c29-22(15-18-7-3-6-17-5-1-2-8-21(17)18)27-16-23(30)28-19-9-11-20(12-10-19)31-24-25-13-4-14-26-24/h1-14H,15-16H2,(H,27,29)(H,28,30). The highest BCUT2D eigenvalue weighted by molar-refractivity contribution is 5.95. The molecule has 7 nitrogen and oxygen atoms in total. The van der Waals surface area contributed by atoms with Gasteiger partial charge in [-0.05, 0) is 46.7 Å². The highest BCUT2D eigenvalue weighted by Crippen LogP contribution is 2.20. The molecule has 0 aliphatic carbocycles. The first-order valence-electron chi connectivity index (χ1n) is 9.75. The van der Waals surface area contributed by atoms with Crippen molar-refractivity contribution in [3.63, 3.8) is 0 Å². The molecule has 4 aromatic rings. The Bertz CT molecular complexity index is 1190. The summed E-state index contributed by atoms with van der Waals surface area (Å²) in [6, 6.07) is 22.5. The molecule has 1 aromatic heterocycles. The van der Waals surface area contributed by atoms with Crippen LogP contribution in [0, 0.1) is 0 Å². The number of benzene rings is 3. The molecular formula is C24H20N4O3. The largest absolute Gasteiger partial charge is 0.424 e. The van der Waals surface area contributed by atoms with Gasteiger partial charge < -0.3 is 15.4 Å². The van der Waals surface area contributed by atoms with Crippen LogP contribution in [0.15, 0.2) is 85.2 Å². The van der Waals surface area contributed by atoms with E-state index in [0.717, 1.165) is 16.3 Å². The van der Waals surface area contributed by atoms with Gasteiger partial charge in [0.15, 0.2) is 0 Å². The lowest BCUT2D eigenvalue weighted by molar-refractivity contribution is -0.123. The van der Waals surface area contributed by atoms with Gasteiger partial charge in [-0.15, -0.1) is 0 Å². The van der Waals surface area contributed by atoms with Crippen LogP contribution in [0.3, 0.4) is 0 Å². The molecule has 0 atom stereocenters. The molecule has 7 heteroatoms. The van der Waals surface area contributed by atoms with E-state index in [2.05, 4.69) is 20.6 Å². The number of nitrogens with zero attached hydrogens (tertiary/aromatic N) is 2. The van der Waals surface area contributed by atoms with Crippen molar-refractivity contribution in [3.8, 4) is 11.8 Å². The summed E-state index contributed by atoms with van der Waals surface area (Å²) in [7, 11) is 0. The Morgan fingerprint density at radius 1 is 0.806 bits per heavy atom. The molecule has 0 fully saturated rings. The monoisotopic (exact) mass is 412 g/mol. The first-order chi connectivity index (χ1) is 15.2. The number of nitrogens with one attached hydrogen (secondary N) is 2. The van der Waals surface area contributed by atoms with E-state index < -0.39 is 0 Å². The quantitative estimate of drug-likeness (QED) is 0.483. The summed E-state index contributed by atoms with van der Waals surface area (Å²) in [4.78, 5) is 32.5. The minimum absolute atomic E-state index is 0.111. The zero-order valence-electron chi connectivity index (χ0n) is 16.6. The molecule has 0 aliphatic rings. The van der Waals surface area contributed by atoms with Crippen molar-refractivity contribution in [1.82, 2.24) is 15.3 Å². The summed E-state index contributed by atoms with van der Waals surface area (Å²) >= 11 is 0. The smallest absolute Gasteiger partial charge is 0.321 e. The molecule has 0 saturated heterocycles. The summed E-state index contributed by atoms with van der Waals surface area (Å²) in [5.74, 6) is 0.0250. The average molecular weight is 412 g/mol. The second-order valence-corrected chi connectivity index (χ2v) is 6.80. The first kappa shape index (κ1) is 20.0. The number of hydrogen-bond donors (Lipinski definition) is 2. The van der Waals surface area contributed by atoms with Gasteiger partial charge in [0.05, 0.1) is 13.0 Å². The van der Waals surface area contributed by atoms with Gasteiger partial charge >= 0.3 is 6.01 Å². The molecule has 0 unspecified atom stereocenters. The fourth-order valence-corrected chi connectivity index (χ4v) is 3.12. The average Bonchev–Trinajstić information content (AvgIpc) is 2.80. The normalized spacial score (nSPS) is 10.5. The van der Waals surface area contributed by atoms with E-state index in [4.69, 9.17) is 4.74 Å².